The van der Waals surface area contributed by atoms with E-state index in [1.807, 2.05) is 12.1 Å². The van der Waals surface area contributed by atoms with Gasteiger partial charge in [-0.2, -0.15) is 13.2 Å². The average Bonchev–Trinajstić information content (AvgIpc) is 2.72. The number of carbonyl (C=O) groups excluding carboxylic acids is 1. The molecule has 0 saturated carbocycles. The maximum atomic E-state index is 12.2. The molecule has 2 rings (SSSR count). The molecule has 2 N–H and O–H groups in total. The van der Waals surface area contributed by atoms with Crippen molar-refractivity contribution in [3.05, 3.63) is 29.1 Å². The van der Waals surface area contributed by atoms with Crippen LogP contribution in [-0.2, 0) is 0 Å². The van der Waals surface area contributed by atoms with Crippen LogP contribution in [0.15, 0.2) is 24.3 Å². The molecule has 0 unspecified atom stereocenters. The zero-order chi connectivity index (χ0) is 14.9. The van der Waals surface area contributed by atoms with Gasteiger partial charge in [-0.15, -0.1) is 11.3 Å². The molecule has 0 aliphatic rings. The second kappa shape index (κ2) is 5.32. The fourth-order valence-electron chi connectivity index (χ4n) is 1.79. The number of nitrogen functional groups attached to an aromatic ring is 1. The van der Waals surface area contributed by atoms with Gasteiger partial charge in [0.15, 0.2) is 0 Å². The van der Waals surface area contributed by atoms with Gasteiger partial charge in [0.2, 0.25) is 0 Å². The topological polar surface area (TPSA) is 46.3 Å². The van der Waals surface area contributed by atoms with E-state index in [1.165, 1.54) is 18.4 Å². The Morgan fingerprint density at radius 3 is 2.60 bits per heavy atom. The highest BCUT2D eigenvalue weighted by Crippen LogP contribution is 2.34. The van der Waals surface area contributed by atoms with Gasteiger partial charge in [-0.25, -0.2) is 0 Å². The van der Waals surface area contributed by atoms with E-state index in [4.69, 9.17) is 5.73 Å². The highest BCUT2D eigenvalue weighted by molar-refractivity contribution is 7.21. The number of nitrogens with zero attached hydrogens (tertiary/aromatic N) is 1. The molecule has 108 valence electrons. The first-order valence-electron chi connectivity index (χ1n) is 5.89. The molecule has 0 bridgehead atoms. The molecule has 0 fully saturated rings. The van der Waals surface area contributed by atoms with Crippen molar-refractivity contribution in [3.8, 4) is 0 Å². The van der Waals surface area contributed by atoms with E-state index in [-0.39, 0.29) is 11.4 Å². The summed E-state index contributed by atoms with van der Waals surface area (Å²) in [6, 6.07) is 7.23. The summed E-state index contributed by atoms with van der Waals surface area (Å²) in [6.07, 6.45) is -5.31. The Hall–Kier alpha value is -1.76. The second-order valence-corrected chi connectivity index (χ2v) is 5.49. The van der Waals surface area contributed by atoms with E-state index in [0.717, 1.165) is 15.0 Å². The van der Waals surface area contributed by atoms with Crippen LogP contribution in [0.5, 0.6) is 0 Å². The van der Waals surface area contributed by atoms with Gasteiger partial charge in [-0.05, 0) is 6.07 Å². The Balaban J connectivity index is 2.21. The maximum absolute atomic E-state index is 12.2. The molecule has 0 aliphatic heterocycles. The summed E-state index contributed by atoms with van der Waals surface area (Å²) in [7, 11) is 1.35. The van der Waals surface area contributed by atoms with Crippen LogP contribution in [0.2, 0.25) is 0 Å². The number of halogens is 3. The largest absolute Gasteiger partial charge is 0.397 e. The summed E-state index contributed by atoms with van der Waals surface area (Å²) in [6.45, 7) is -0.379. The number of hydrogen-bond acceptors (Lipinski definition) is 3. The van der Waals surface area contributed by atoms with Gasteiger partial charge in [-0.1, -0.05) is 18.2 Å². The van der Waals surface area contributed by atoms with E-state index < -0.39 is 18.5 Å². The minimum atomic E-state index is -4.28. The van der Waals surface area contributed by atoms with E-state index in [0.29, 0.717) is 5.69 Å². The number of nitrogens with two attached hydrogens (primary N) is 1. The third-order valence-electron chi connectivity index (χ3n) is 2.91. The lowest BCUT2D eigenvalue weighted by Crippen LogP contribution is -2.30. The second-order valence-electron chi connectivity index (χ2n) is 4.43. The van der Waals surface area contributed by atoms with Crippen LogP contribution < -0.4 is 5.73 Å². The zero-order valence-corrected chi connectivity index (χ0v) is 11.5. The summed E-state index contributed by atoms with van der Waals surface area (Å²) in [5, 5.41) is 0.755. The molecule has 1 aromatic heterocycles. The lowest BCUT2D eigenvalue weighted by molar-refractivity contribution is -0.136. The number of rotatable bonds is 3. The molecule has 20 heavy (non-hydrogen) atoms. The summed E-state index contributed by atoms with van der Waals surface area (Å²) in [4.78, 5) is 13.5. The highest BCUT2D eigenvalue weighted by atomic mass is 32.1. The molecule has 1 amide bonds. The van der Waals surface area contributed by atoms with Gasteiger partial charge in [0, 0.05) is 23.7 Å². The van der Waals surface area contributed by atoms with Crippen LogP contribution in [-0.4, -0.2) is 30.6 Å². The predicted octanol–water partition coefficient (Wildman–Crippen LogP) is 3.51. The van der Waals surface area contributed by atoms with E-state index >= 15 is 0 Å². The summed E-state index contributed by atoms with van der Waals surface area (Å²) < 4.78 is 37.4. The van der Waals surface area contributed by atoms with Crippen LogP contribution >= 0.6 is 11.3 Å². The average molecular weight is 302 g/mol. The van der Waals surface area contributed by atoms with Crippen LogP contribution in [0.4, 0.5) is 18.9 Å². The first-order chi connectivity index (χ1) is 9.29. The number of carbonyl (C=O) groups is 1. The number of alkyl halides is 3. The van der Waals surface area contributed by atoms with Gasteiger partial charge in [-0.3, -0.25) is 4.79 Å². The molecule has 7 heteroatoms. The standard InChI is InChI=1S/C13H13F3N2OS/c1-18(7-6-13(14,15)16)12(19)11-10(17)8-4-2-3-5-9(8)20-11/h2-5H,6-7,17H2,1H3. The first-order valence-corrected chi connectivity index (χ1v) is 6.70. The van der Waals surface area contributed by atoms with E-state index in [9.17, 15) is 18.0 Å². The molecule has 1 heterocycles. The molecule has 1 aromatic carbocycles. The minimum Gasteiger partial charge on any atom is -0.397 e. The summed E-state index contributed by atoms with van der Waals surface area (Å²) >= 11 is 1.20. The number of benzene rings is 1. The Morgan fingerprint density at radius 1 is 1.35 bits per heavy atom. The van der Waals surface area contributed by atoms with Gasteiger partial charge in [0.1, 0.15) is 4.88 Å². The smallest absolute Gasteiger partial charge is 0.390 e. The quantitative estimate of drug-likeness (QED) is 0.943. The molecule has 0 saturated heterocycles. The number of hydrogen-bond donors (Lipinski definition) is 1. The third kappa shape index (κ3) is 3.04. The summed E-state index contributed by atoms with van der Waals surface area (Å²) in [5.41, 5.74) is 6.23. The van der Waals surface area contributed by atoms with Crippen molar-refractivity contribution < 1.29 is 18.0 Å². The van der Waals surface area contributed by atoms with Crippen molar-refractivity contribution in [1.29, 1.82) is 0 Å². The zero-order valence-electron chi connectivity index (χ0n) is 10.7. The fraction of sp³-hybridized carbons (Fsp3) is 0.308. The molecular weight excluding hydrogens is 289 g/mol. The normalized spacial score (nSPS) is 11.8. The van der Waals surface area contributed by atoms with Gasteiger partial charge < -0.3 is 10.6 Å². The minimum absolute atomic E-state index is 0.288. The molecule has 0 aliphatic carbocycles. The van der Waals surface area contributed by atoms with Crippen molar-refractivity contribution in [2.75, 3.05) is 19.3 Å². The van der Waals surface area contributed by atoms with Gasteiger partial charge in [0.25, 0.3) is 5.91 Å². The van der Waals surface area contributed by atoms with Gasteiger partial charge in [0.05, 0.1) is 12.1 Å². The molecular formula is C13H13F3N2OS. The lowest BCUT2D eigenvalue weighted by Gasteiger charge is -2.17. The van der Waals surface area contributed by atoms with Crippen LogP contribution in [0.3, 0.4) is 0 Å². The predicted molar refractivity (Wildman–Crippen MR) is 73.9 cm³/mol. The van der Waals surface area contributed by atoms with Crippen molar-refractivity contribution in [1.82, 2.24) is 4.90 Å². The van der Waals surface area contributed by atoms with Crippen LogP contribution in [0.1, 0.15) is 16.1 Å². The third-order valence-corrected chi connectivity index (χ3v) is 4.08. The Bertz CT molecular complexity index is 636. The van der Waals surface area contributed by atoms with Gasteiger partial charge >= 0.3 is 6.18 Å². The Labute approximate surface area is 117 Å². The molecule has 2 aromatic rings. The van der Waals surface area contributed by atoms with Crippen molar-refractivity contribution in [2.24, 2.45) is 0 Å². The maximum Gasteiger partial charge on any atom is 0.390 e. The number of thiophene rings is 1. The van der Waals surface area contributed by atoms with E-state index in [2.05, 4.69) is 0 Å². The highest BCUT2D eigenvalue weighted by Gasteiger charge is 2.29. The van der Waals surface area contributed by atoms with E-state index in [1.54, 1.807) is 12.1 Å². The molecule has 0 atom stereocenters. The molecule has 3 nitrogen and oxygen atoms in total. The van der Waals surface area contributed by atoms with Crippen molar-refractivity contribution in [2.45, 2.75) is 12.6 Å². The monoisotopic (exact) mass is 302 g/mol. The van der Waals surface area contributed by atoms with Crippen molar-refractivity contribution >= 4 is 33.0 Å². The Morgan fingerprint density at radius 2 is 2.00 bits per heavy atom. The van der Waals surface area contributed by atoms with Crippen LogP contribution in [0.25, 0.3) is 10.1 Å². The summed E-state index contributed by atoms with van der Waals surface area (Å²) in [5.74, 6) is -0.479. The lowest BCUT2D eigenvalue weighted by atomic mass is 10.2. The Kier molecular flexibility index (Phi) is 3.89. The molecule has 0 radical (unpaired) electrons. The number of anilines is 1. The molecule has 0 spiro atoms. The number of amides is 1. The van der Waals surface area contributed by atoms with Crippen LogP contribution in [0, 0.1) is 0 Å². The SMILES string of the molecule is CN(CCC(F)(F)F)C(=O)c1sc2ccccc2c1N. The number of fused-ring (bicyclic) bond motifs is 1. The fourth-order valence-corrected chi connectivity index (χ4v) is 2.91. The van der Waals surface area contributed by atoms with Crippen molar-refractivity contribution in [3.63, 3.8) is 0 Å². The first kappa shape index (κ1) is 14.6.